The lowest BCUT2D eigenvalue weighted by Crippen LogP contribution is -1.87. The predicted molar refractivity (Wildman–Crippen MR) is 215 cm³/mol. The van der Waals surface area contributed by atoms with Crippen LogP contribution in [0, 0.1) is 0 Å². The Morgan fingerprint density at radius 1 is 0.200 bits per heavy atom. The van der Waals surface area contributed by atoms with Crippen LogP contribution < -0.4 is 0 Å². The van der Waals surface area contributed by atoms with Crippen molar-refractivity contribution in [3.05, 3.63) is 182 Å². The van der Waals surface area contributed by atoms with Gasteiger partial charge in [0.25, 0.3) is 0 Å². The van der Waals surface area contributed by atoms with Crippen LogP contribution in [0.4, 0.5) is 0 Å². The summed E-state index contributed by atoms with van der Waals surface area (Å²) in [6, 6.07) is 67.5. The Labute approximate surface area is 290 Å². The molecule has 0 saturated heterocycles. The van der Waals surface area contributed by atoms with E-state index in [1.165, 1.54) is 109 Å². The zero-order valence-corrected chi connectivity index (χ0v) is 27.3. The molecular weight excluding hydrogens is 601 g/mol. The van der Waals surface area contributed by atoms with E-state index in [4.69, 9.17) is 0 Å². The summed E-state index contributed by atoms with van der Waals surface area (Å²) in [5, 5.41) is 12.9. The third-order valence-electron chi connectivity index (χ3n) is 11.0. The molecule has 0 heteroatoms. The summed E-state index contributed by atoms with van der Waals surface area (Å²) < 4.78 is 0. The van der Waals surface area contributed by atoms with Crippen LogP contribution in [0.15, 0.2) is 182 Å². The van der Waals surface area contributed by atoms with E-state index in [2.05, 4.69) is 182 Å². The first-order chi connectivity index (χ1) is 24.8. The maximum Gasteiger partial charge on any atom is -0.00201 e. The Morgan fingerprint density at radius 2 is 0.720 bits per heavy atom. The molecule has 0 N–H and O–H groups in total. The van der Waals surface area contributed by atoms with E-state index in [-0.39, 0.29) is 0 Å². The van der Waals surface area contributed by atoms with Crippen molar-refractivity contribution < 1.29 is 0 Å². The van der Waals surface area contributed by atoms with Gasteiger partial charge in [0.1, 0.15) is 0 Å². The van der Waals surface area contributed by atoms with Gasteiger partial charge in [-0.3, -0.25) is 0 Å². The molecule has 0 amide bonds. The molecule has 230 valence electrons. The highest BCUT2D eigenvalue weighted by atomic mass is 14.2. The number of hydrogen-bond acceptors (Lipinski definition) is 0. The van der Waals surface area contributed by atoms with Gasteiger partial charge >= 0.3 is 0 Å². The Hall–Kier alpha value is -6.50. The molecule has 11 rings (SSSR count). The molecule has 0 nitrogen and oxygen atoms in total. The summed E-state index contributed by atoms with van der Waals surface area (Å²) in [5.41, 5.74) is 12.8. The molecule has 0 bridgehead atoms. The third kappa shape index (κ3) is 4.00. The minimum Gasteiger partial charge on any atom is -0.0616 e. The molecule has 0 spiro atoms. The van der Waals surface area contributed by atoms with Crippen LogP contribution in [-0.4, -0.2) is 0 Å². The van der Waals surface area contributed by atoms with E-state index < -0.39 is 0 Å². The predicted octanol–water partition coefficient (Wildman–Crippen LogP) is 14.1. The molecule has 1 aliphatic carbocycles. The van der Waals surface area contributed by atoms with Gasteiger partial charge in [0.15, 0.2) is 0 Å². The molecule has 50 heavy (non-hydrogen) atoms. The van der Waals surface area contributed by atoms with E-state index in [0.717, 1.165) is 0 Å². The van der Waals surface area contributed by atoms with E-state index in [0.29, 0.717) is 0 Å². The molecule has 0 aliphatic heterocycles. The second-order valence-electron chi connectivity index (χ2n) is 13.6. The van der Waals surface area contributed by atoms with Gasteiger partial charge < -0.3 is 0 Å². The minimum absolute atomic E-state index is 1.23. The van der Waals surface area contributed by atoms with Crippen molar-refractivity contribution in [3.8, 4) is 55.6 Å². The highest BCUT2D eigenvalue weighted by Crippen LogP contribution is 2.49. The van der Waals surface area contributed by atoms with Crippen LogP contribution in [0.2, 0.25) is 0 Å². The Balaban J connectivity index is 1.01. The van der Waals surface area contributed by atoms with Gasteiger partial charge in [0.05, 0.1) is 0 Å². The number of rotatable bonds is 3. The molecule has 0 radical (unpaired) electrons. The van der Waals surface area contributed by atoms with Crippen LogP contribution in [0.5, 0.6) is 0 Å². The first-order valence-electron chi connectivity index (χ1n) is 17.4. The fourth-order valence-electron chi connectivity index (χ4n) is 8.63. The van der Waals surface area contributed by atoms with Crippen LogP contribution in [-0.2, 0) is 0 Å². The van der Waals surface area contributed by atoms with Crippen molar-refractivity contribution in [2.75, 3.05) is 0 Å². The molecule has 0 unspecified atom stereocenters. The lowest BCUT2D eigenvalue weighted by Gasteiger charge is -2.14. The molecule has 10 aromatic rings. The average Bonchev–Trinajstić information content (AvgIpc) is 3.52. The zero-order chi connectivity index (χ0) is 32.8. The van der Waals surface area contributed by atoms with E-state index in [1.807, 2.05) is 0 Å². The molecule has 10 aromatic carbocycles. The normalized spacial score (nSPS) is 12.0. The molecule has 0 fully saturated rings. The molecule has 1 aliphatic rings. The smallest absolute Gasteiger partial charge is 0.00201 e. The van der Waals surface area contributed by atoms with Crippen LogP contribution >= 0.6 is 0 Å². The summed E-state index contributed by atoms with van der Waals surface area (Å²) in [4.78, 5) is 0. The van der Waals surface area contributed by atoms with E-state index in [1.54, 1.807) is 0 Å². The fourth-order valence-corrected chi connectivity index (χ4v) is 8.63. The number of benzene rings is 10. The van der Waals surface area contributed by atoms with Crippen molar-refractivity contribution in [2.24, 2.45) is 0 Å². The SMILES string of the molecule is c1cc(-c2ccc3cc(-c4cc5ccccc5c5c4ccc4ccccc45)ccc3c2)cc(-c2ccc3c4c(cccc24)-c2ccccc2-3)c1. The second kappa shape index (κ2) is 10.5. The standard InChI is InChI=1S/C50H30/c1-3-13-40-31(9-1)23-24-47-48(30-37-10-2-4-14-41(37)49(40)47)38-22-21-34-27-33(19-20-35(34)29-38)32-11-7-12-36(28-32)39-25-26-46-43-16-6-5-15-42(43)45-18-8-17-44(39)50(45)46/h1-30H. The van der Waals surface area contributed by atoms with Gasteiger partial charge in [0, 0.05) is 0 Å². The Kier molecular flexibility index (Phi) is 5.76. The van der Waals surface area contributed by atoms with Crippen molar-refractivity contribution in [2.45, 2.75) is 0 Å². The Bertz CT molecular complexity index is 2990. The molecule has 0 saturated carbocycles. The monoisotopic (exact) mass is 630 g/mol. The minimum atomic E-state index is 1.23. The van der Waals surface area contributed by atoms with Gasteiger partial charge in [-0.15, -0.1) is 0 Å². The highest BCUT2D eigenvalue weighted by molar-refractivity contribution is 6.24. The maximum atomic E-state index is 2.37. The molecular formula is C50H30. The number of hydrogen-bond donors (Lipinski definition) is 0. The van der Waals surface area contributed by atoms with Gasteiger partial charge in [-0.05, 0) is 134 Å². The van der Waals surface area contributed by atoms with Crippen molar-refractivity contribution in [3.63, 3.8) is 0 Å². The third-order valence-corrected chi connectivity index (χ3v) is 11.0. The van der Waals surface area contributed by atoms with Crippen molar-refractivity contribution >= 4 is 53.9 Å². The maximum absolute atomic E-state index is 2.37. The lowest BCUT2D eigenvalue weighted by atomic mass is 9.89. The lowest BCUT2D eigenvalue weighted by molar-refractivity contribution is 1.62. The van der Waals surface area contributed by atoms with Gasteiger partial charge in [-0.1, -0.05) is 158 Å². The highest BCUT2D eigenvalue weighted by Gasteiger charge is 2.22. The molecule has 0 atom stereocenters. The quantitative estimate of drug-likeness (QED) is 0.170. The van der Waals surface area contributed by atoms with Gasteiger partial charge in [-0.25, -0.2) is 0 Å². The second-order valence-corrected chi connectivity index (χ2v) is 13.6. The molecule has 0 aromatic heterocycles. The summed E-state index contributed by atoms with van der Waals surface area (Å²) in [5.74, 6) is 0. The molecule has 0 heterocycles. The number of fused-ring (bicyclic) bond motifs is 9. The van der Waals surface area contributed by atoms with Crippen LogP contribution in [0.25, 0.3) is 109 Å². The van der Waals surface area contributed by atoms with Crippen molar-refractivity contribution in [1.29, 1.82) is 0 Å². The fraction of sp³-hybridized carbons (Fsp3) is 0. The largest absolute Gasteiger partial charge is 0.0616 e. The average molecular weight is 631 g/mol. The summed E-state index contributed by atoms with van der Waals surface area (Å²) in [6.07, 6.45) is 0. The summed E-state index contributed by atoms with van der Waals surface area (Å²) in [7, 11) is 0. The van der Waals surface area contributed by atoms with E-state index in [9.17, 15) is 0 Å². The van der Waals surface area contributed by atoms with E-state index >= 15 is 0 Å². The van der Waals surface area contributed by atoms with Crippen LogP contribution in [0.1, 0.15) is 0 Å². The Morgan fingerprint density at radius 3 is 1.56 bits per heavy atom. The summed E-state index contributed by atoms with van der Waals surface area (Å²) in [6.45, 7) is 0. The van der Waals surface area contributed by atoms with Gasteiger partial charge in [-0.2, -0.15) is 0 Å². The van der Waals surface area contributed by atoms with Crippen LogP contribution in [0.3, 0.4) is 0 Å². The first kappa shape index (κ1) is 27.5. The van der Waals surface area contributed by atoms with Gasteiger partial charge in [0.2, 0.25) is 0 Å². The first-order valence-corrected chi connectivity index (χ1v) is 17.4. The van der Waals surface area contributed by atoms with Crippen molar-refractivity contribution in [1.82, 2.24) is 0 Å². The topological polar surface area (TPSA) is 0 Å². The zero-order valence-electron chi connectivity index (χ0n) is 27.3. The summed E-state index contributed by atoms with van der Waals surface area (Å²) >= 11 is 0.